The number of ether oxygens (including phenoxy) is 1. The molecule has 21 heavy (non-hydrogen) atoms. The van der Waals surface area contributed by atoms with Crippen molar-refractivity contribution in [3.63, 3.8) is 0 Å². The van der Waals surface area contributed by atoms with Crippen molar-refractivity contribution in [2.45, 2.75) is 52.7 Å². The van der Waals surface area contributed by atoms with Crippen LogP contribution in [0.1, 0.15) is 40.5 Å². The van der Waals surface area contributed by atoms with E-state index in [9.17, 15) is 19.8 Å². The van der Waals surface area contributed by atoms with E-state index in [4.69, 9.17) is 4.74 Å². The number of hydrogen-bond donors (Lipinski definition) is 2. The standard InChI is InChI=1S/C16H26O5/c1-5-10(4)6-13(19)21-16-14(9(2)3)12(18)7-11(8-17)15(16)20/h7,9-10,12,14,16-18H,5-6,8H2,1-4H3/t10-,12-,14+,16-/m0/s1. The lowest BCUT2D eigenvalue weighted by molar-refractivity contribution is -0.162. The normalized spacial score (nSPS) is 27.5. The highest BCUT2D eigenvalue weighted by molar-refractivity contribution is 6.01. The molecule has 0 aliphatic heterocycles. The summed E-state index contributed by atoms with van der Waals surface area (Å²) in [6, 6.07) is 0. The van der Waals surface area contributed by atoms with Gasteiger partial charge in [-0.3, -0.25) is 9.59 Å². The summed E-state index contributed by atoms with van der Waals surface area (Å²) in [4.78, 5) is 24.2. The monoisotopic (exact) mass is 298 g/mol. The van der Waals surface area contributed by atoms with E-state index < -0.39 is 36.5 Å². The third kappa shape index (κ3) is 4.38. The zero-order chi connectivity index (χ0) is 16.2. The molecule has 120 valence electrons. The number of ketones is 1. The first kappa shape index (κ1) is 17.9. The lowest BCUT2D eigenvalue weighted by Crippen LogP contribution is -2.47. The van der Waals surface area contributed by atoms with Gasteiger partial charge in [-0.2, -0.15) is 0 Å². The van der Waals surface area contributed by atoms with Crippen LogP contribution >= 0.6 is 0 Å². The molecule has 0 saturated heterocycles. The lowest BCUT2D eigenvalue weighted by Gasteiger charge is -2.35. The van der Waals surface area contributed by atoms with Crippen LogP contribution in [0.3, 0.4) is 0 Å². The summed E-state index contributed by atoms with van der Waals surface area (Å²) in [6.07, 6.45) is 0.562. The van der Waals surface area contributed by atoms with Gasteiger partial charge in [-0.15, -0.1) is 0 Å². The molecule has 0 amide bonds. The molecule has 1 aliphatic carbocycles. The minimum Gasteiger partial charge on any atom is -0.454 e. The SMILES string of the molecule is CC[C@H](C)CC(=O)O[C@@H]1C(=O)C(CO)=C[C@H](O)[C@H]1C(C)C. The quantitative estimate of drug-likeness (QED) is 0.725. The number of rotatable bonds is 6. The maximum absolute atomic E-state index is 12.3. The molecule has 0 fully saturated rings. The highest BCUT2D eigenvalue weighted by atomic mass is 16.5. The molecule has 0 saturated carbocycles. The summed E-state index contributed by atoms with van der Waals surface area (Å²) in [5, 5.41) is 19.3. The zero-order valence-corrected chi connectivity index (χ0v) is 13.2. The molecule has 1 aliphatic rings. The highest BCUT2D eigenvalue weighted by Gasteiger charge is 2.42. The number of esters is 1. The zero-order valence-electron chi connectivity index (χ0n) is 13.2. The third-order valence-corrected chi connectivity index (χ3v) is 4.10. The third-order valence-electron chi connectivity index (χ3n) is 4.10. The van der Waals surface area contributed by atoms with E-state index >= 15 is 0 Å². The Hall–Kier alpha value is -1.20. The predicted octanol–water partition coefficient (Wildman–Crippen LogP) is 1.47. The Balaban J connectivity index is 2.91. The van der Waals surface area contributed by atoms with Crippen molar-refractivity contribution in [3.05, 3.63) is 11.6 Å². The fourth-order valence-electron chi connectivity index (χ4n) is 2.56. The van der Waals surface area contributed by atoms with E-state index in [1.54, 1.807) is 0 Å². The van der Waals surface area contributed by atoms with Gasteiger partial charge >= 0.3 is 5.97 Å². The van der Waals surface area contributed by atoms with Crippen LogP contribution in [0.15, 0.2) is 11.6 Å². The molecule has 0 radical (unpaired) electrons. The molecule has 0 bridgehead atoms. The molecular weight excluding hydrogens is 272 g/mol. The molecule has 0 heterocycles. The number of Topliss-reactive ketones (excluding diaryl/α,β-unsaturated/α-hetero) is 1. The summed E-state index contributed by atoms with van der Waals surface area (Å²) in [5.41, 5.74) is 0.112. The Bertz CT molecular complexity index is 413. The fraction of sp³-hybridized carbons (Fsp3) is 0.750. The van der Waals surface area contributed by atoms with Gasteiger partial charge < -0.3 is 14.9 Å². The molecular formula is C16H26O5. The lowest BCUT2D eigenvalue weighted by atomic mass is 9.77. The molecule has 5 heteroatoms. The van der Waals surface area contributed by atoms with Gasteiger partial charge in [-0.25, -0.2) is 0 Å². The Kier molecular flexibility index (Phi) is 6.55. The second-order valence-electron chi connectivity index (χ2n) is 6.15. The second-order valence-corrected chi connectivity index (χ2v) is 6.15. The summed E-state index contributed by atoms with van der Waals surface area (Å²) in [5.74, 6) is -1.15. The molecule has 5 nitrogen and oxygen atoms in total. The van der Waals surface area contributed by atoms with Crippen LogP contribution in [0, 0.1) is 17.8 Å². The van der Waals surface area contributed by atoms with Gasteiger partial charge in [-0.05, 0) is 17.9 Å². The molecule has 1 rings (SSSR count). The van der Waals surface area contributed by atoms with Crippen LogP contribution in [0.25, 0.3) is 0 Å². The molecule has 0 unspecified atom stereocenters. The highest BCUT2D eigenvalue weighted by Crippen LogP contribution is 2.30. The molecule has 0 aromatic heterocycles. The van der Waals surface area contributed by atoms with Gasteiger partial charge in [0.1, 0.15) is 0 Å². The maximum Gasteiger partial charge on any atom is 0.306 e. The van der Waals surface area contributed by atoms with Crippen LogP contribution in [0.2, 0.25) is 0 Å². The van der Waals surface area contributed by atoms with Gasteiger partial charge in [-0.1, -0.05) is 34.1 Å². The molecule has 0 spiro atoms. The van der Waals surface area contributed by atoms with Crippen molar-refractivity contribution < 1.29 is 24.5 Å². The second kappa shape index (κ2) is 7.71. The van der Waals surface area contributed by atoms with Gasteiger partial charge in [0.25, 0.3) is 0 Å². The van der Waals surface area contributed by atoms with Crippen molar-refractivity contribution in [1.82, 2.24) is 0 Å². The molecule has 0 aromatic rings. The predicted molar refractivity (Wildman–Crippen MR) is 78.5 cm³/mol. The first-order valence-electron chi connectivity index (χ1n) is 7.55. The number of aliphatic hydroxyl groups excluding tert-OH is 2. The summed E-state index contributed by atoms with van der Waals surface area (Å²) in [7, 11) is 0. The number of aliphatic hydroxyl groups is 2. The average molecular weight is 298 g/mol. The van der Waals surface area contributed by atoms with Crippen molar-refractivity contribution in [1.29, 1.82) is 0 Å². The Morgan fingerprint density at radius 1 is 1.38 bits per heavy atom. The summed E-state index contributed by atoms with van der Waals surface area (Å²) in [6.45, 7) is 7.21. The van der Waals surface area contributed by atoms with E-state index in [2.05, 4.69) is 0 Å². The van der Waals surface area contributed by atoms with E-state index in [-0.39, 0.29) is 23.8 Å². The van der Waals surface area contributed by atoms with Gasteiger partial charge in [0.05, 0.1) is 12.7 Å². The van der Waals surface area contributed by atoms with Gasteiger partial charge in [0, 0.05) is 17.9 Å². The van der Waals surface area contributed by atoms with Crippen LogP contribution in [-0.4, -0.2) is 40.8 Å². The van der Waals surface area contributed by atoms with Gasteiger partial charge in [0.2, 0.25) is 5.78 Å². The van der Waals surface area contributed by atoms with Crippen molar-refractivity contribution in [2.24, 2.45) is 17.8 Å². The van der Waals surface area contributed by atoms with E-state index in [0.29, 0.717) is 0 Å². The first-order valence-corrected chi connectivity index (χ1v) is 7.55. The van der Waals surface area contributed by atoms with E-state index in [1.165, 1.54) is 6.08 Å². The Morgan fingerprint density at radius 2 is 2.00 bits per heavy atom. The molecule has 0 aromatic carbocycles. The van der Waals surface area contributed by atoms with Crippen molar-refractivity contribution in [3.8, 4) is 0 Å². The van der Waals surface area contributed by atoms with E-state index in [0.717, 1.165) is 6.42 Å². The average Bonchev–Trinajstić information content (AvgIpc) is 2.41. The fourth-order valence-corrected chi connectivity index (χ4v) is 2.56. The number of hydrogen-bond acceptors (Lipinski definition) is 5. The largest absolute Gasteiger partial charge is 0.454 e. The van der Waals surface area contributed by atoms with Crippen LogP contribution in [0.5, 0.6) is 0 Å². The maximum atomic E-state index is 12.3. The Morgan fingerprint density at radius 3 is 2.48 bits per heavy atom. The molecule has 2 N–H and O–H groups in total. The van der Waals surface area contributed by atoms with Crippen LogP contribution in [-0.2, 0) is 14.3 Å². The summed E-state index contributed by atoms with van der Waals surface area (Å²) < 4.78 is 5.35. The van der Waals surface area contributed by atoms with Crippen molar-refractivity contribution in [2.75, 3.05) is 6.61 Å². The smallest absolute Gasteiger partial charge is 0.306 e. The Labute approximate surface area is 126 Å². The topological polar surface area (TPSA) is 83.8 Å². The minimum absolute atomic E-state index is 0.0261. The minimum atomic E-state index is -1.01. The first-order chi connectivity index (χ1) is 9.81. The van der Waals surface area contributed by atoms with Crippen molar-refractivity contribution >= 4 is 11.8 Å². The molecule has 4 atom stereocenters. The van der Waals surface area contributed by atoms with Crippen LogP contribution in [0.4, 0.5) is 0 Å². The van der Waals surface area contributed by atoms with Gasteiger partial charge in [0.15, 0.2) is 6.10 Å². The number of carbonyl (C=O) groups excluding carboxylic acids is 2. The summed E-state index contributed by atoms with van der Waals surface area (Å²) >= 11 is 0. The van der Waals surface area contributed by atoms with E-state index in [1.807, 2.05) is 27.7 Å². The number of carbonyl (C=O) groups is 2. The van der Waals surface area contributed by atoms with Crippen LogP contribution < -0.4 is 0 Å².